The lowest BCUT2D eigenvalue weighted by Crippen LogP contribution is -2.39. The van der Waals surface area contributed by atoms with Crippen LogP contribution in [0.4, 0.5) is 5.69 Å². The third-order valence-electron chi connectivity index (χ3n) is 5.48. The molecule has 0 spiro atoms. The Morgan fingerprint density at radius 1 is 1.04 bits per heavy atom. The Labute approximate surface area is 177 Å². The first-order valence-corrected chi connectivity index (χ1v) is 10.5. The summed E-state index contributed by atoms with van der Waals surface area (Å²) in [5.74, 6) is 1.52. The number of carbonyl (C=O) groups is 1. The Hall–Kier alpha value is -1.69. The number of nitrogens with one attached hydrogen (secondary N) is 2. The van der Waals surface area contributed by atoms with Gasteiger partial charge in [0, 0.05) is 34.0 Å². The van der Waals surface area contributed by atoms with E-state index in [0.29, 0.717) is 24.4 Å². The second-order valence-corrected chi connectivity index (χ2v) is 8.68. The lowest BCUT2D eigenvalue weighted by Gasteiger charge is -2.28. The van der Waals surface area contributed by atoms with E-state index in [2.05, 4.69) is 22.8 Å². The molecule has 0 aliphatic carbocycles. The lowest BCUT2D eigenvalue weighted by molar-refractivity contribution is -0.117. The van der Waals surface area contributed by atoms with Gasteiger partial charge >= 0.3 is 0 Å². The fourth-order valence-corrected chi connectivity index (χ4v) is 5.02. The van der Waals surface area contributed by atoms with Crippen LogP contribution < -0.4 is 15.4 Å². The number of methoxy groups -OCH3 is 1. The summed E-state index contributed by atoms with van der Waals surface area (Å²) in [5.41, 5.74) is 0.871. The summed E-state index contributed by atoms with van der Waals surface area (Å²) >= 11 is 1.70. The van der Waals surface area contributed by atoms with Crippen molar-refractivity contribution in [2.75, 3.05) is 12.4 Å². The fourth-order valence-electron chi connectivity index (χ4n) is 4.20. The summed E-state index contributed by atoms with van der Waals surface area (Å²) in [4.78, 5) is 14.7. The molecule has 4 rings (SSSR count). The molecule has 4 nitrogen and oxygen atoms in total. The minimum atomic E-state index is 0. The van der Waals surface area contributed by atoms with Crippen LogP contribution in [0.5, 0.6) is 5.75 Å². The van der Waals surface area contributed by atoms with Crippen molar-refractivity contribution in [3.05, 3.63) is 48.5 Å². The number of halogens is 1. The van der Waals surface area contributed by atoms with Crippen molar-refractivity contribution in [3.63, 3.8) is 0 Å². The number of fused-ring (bicyclic) bond motifs is 2. The van der Waals surface area contributed by atoms with E-state index in [9.17, 15) is 4.79 Å². The van der Waals surface area contributed by atoms with Gasteiger partial charge in [0.2, 0.25) is 5.91 Å². The molecular weight excluding hydrogens is 392 g/mol. The van der Waals surface area contributed by atoms with Gasteiger partial charge in [-0.3, -0.25) is 4.79 Å². The van der Waals surface area contributed by atoms with Gasteiger partial charge in [0.1, 0.15) is 5.75 Å². The first kappa shape index (κ1) is 21.0. The van der Waals surface area contributed by atoms with Gasteiger partial charge in [0.25, 0.3) is 0 Å². The van der Waals surface area contributed by atoms with E-state index in [1.165, 1.54) is 12.8 Å². The molecule has 2 aromatic rings. The molecule has 6 heteroatoms. The Morgan fingerprint density at radius 2 is 1.61 bits per heavy atom. The number of ether oxygens (including phenoxy) is 1. The molecule has 28 heavy (non-hydrogen) atoms. The van der Waals surface area contributed by atoms with Gasteiger partial charge in [-0.25, -0.2) is 0 Å². The van der Waals surface area contributed by atoms with Gasteiger partial charge in [-0.05, 0) is 80.1 Å². The van der Waals surface area contributed by atoms with Crippen molar-refractivity contribution in [1.29, 1.82) is 0 Å². The van der Waals surface area contributed by atoms with Crippen molar-refractivity contribution in [1.82, 2.24) is 5.32 Å². The summed E-state index contributed by atoms with van der Waals surface area (Å²) < 4.78 is 5.19. The Balaban J connectivity index is 0.00000225. The van der Waals surface area contributed by atoms with E-state index in [0.717, 1.165) is 34.1 Å². The molecule has 0 saturated carbocycles. The predicted octanol–water partition coefficient (Wildman–Crippen LogP) is 5.13. The van der Waals surface area contributed by atoms with Gasteiger partial charge < -0.3 is 15.4 Å². The summed E-state index contributed by atoms with van der Waals surface area (Å²) in [6.45, 7) is 0. The number of benzene rings is 2. The van der Waals surface area contributed by atoms with Crippen LogP contribution in [0.2, 0.25) is 0 Å². The quantitative estimate of drug-likeness (QED) is 0.682. The highest BCUT2D eigenvalue weighted by Crippen LogP contribution is 2.33. The fraction of sp³-hybridized carbons (Fsp3) is 0.409. The van der Waals surface area contributed by atoms with Gasteiger partial charge in [-0.1, -0.05) is 11.8 Å². The summed E-state index contributed by atoms with van der Waals surface area (Å²) in [5, 5.41) is 6.70. The molecular formula is C22H27ClN2O2S. The van der Waals surface area contributed by atoms with Crippen LogP contribution in [0.15, 0.2) is 58.3 Å². The Morgan fingerprint density at radius 3 is 2.18 bits per heavy atom. The van der Waals surface area contributed by atoms with Gasteiger partial charge in [-0.15, -0.1) is 12.4 Å². The van der Waals surface area contributed by atoms with Crippen LogP contribution in [0, 0.1) is 5.92 Å². The van der Waals surface area contributed by atoms with Crippen molar-refractivity contribution in [3.8, 4) is 5.75 Å². The van der Waals surface area contributed by atoms with Crippen LogP contribution in [0.25, 0.3) is 0 Å². The van der Waals surface area contributed by atoms with Crippen molar-refractivity contribution in [2.24, 2.45) is 5.92 Å². The van der Waals surface area contributed by atoms with E-state index >= 15 is 0 Å². The van der Waals surface area contributed by atoms with E-state index in [-0.39, 0.29) is 18.3 Å². The monoisotopic (exact) mass is 418 g/mol. The molecule has 1 amide bonds. The second-order valence-electron chi connectivity index (χ2n) is 7.53. The van der Waals surface area contributed by atoms with Gasteiger partial charge in [-0.2, -0.15) is 0 Å². The van der Waals surface area contributed by atoms with Crippen LogP contribution in [-0.4, -0.2) is 25.1 Å². The molecule has 2 fully saturated rings. The van der Waals surface area contributed by atoms with E-state index in [1.807, 2.05) is 36.4 Å². The van der Waals surface area contributed by atoms with Crippen LogP contribution >= 0.6 is 24.2 Å². The zero-order valence-electron chi connectivity index (χ0n) is 16.0. The highest BCUT2D eigenvalue weighted by Gasteiger charge is 2.34. The number of anilines is 1. The first-order chi connectivity index (χ1) is 13.2. The number of hydrogen-bond acceptors (Lipinski definition) is 4. The molecule has 2 N–H and O–H groups in total. The zero-order chi connectivity index (χ0) is 18.6. The molecule has 2 aliphatic rings. The normalized spacial score (nSPS) is 23.0. The average Bonchev–Trinajstić information content (AvgIpc) is 3.02. The highest BCUT2D eigenvalue weighted by atomic mass is 35.5. The third-order valence-corrected chi connectivity index (χ3v) is 6.49. The first-order valence-electron chi connectivity index (χ1n) is 9.66. The van der Waals surface area contributed by atoms with Gasteiger partial charge in [0.15, 0.2) is 0 Å². The largest absolute Gasteiger partial charge is 0.497 e. The molecule has 2 saturated heterocycles. The third kappa shape index (κ3) is 5.43. The number of amides is 1. The Bertz CT molecular complexity index is 770. The highest BCUT2D eigenvalue weighted by molar-refractivity contribution is 7.99. The minimum Gasteiger partial charge on any atom is -0.497 e. The SMILES string of the molecule is COc1ccc(Sc2ccc(NC(=O)CC3CC4CCC(C3)N4)cc2)cc1.Cl. The molecule has 2 aliphatic heterocycles. The van der Waals surface area contributed by atoms with Crippen LogP contribution in [-0.2, 0) is 4.79 Å². The maximum Gasteiger partial charge on any atom is 0.224 e. The topological polar surface area (TPSA) is 50.4 Å². The molecule has 2 heterocycles. The van der Waals surface area contributed by atoms with E-state index in [1.54, 1.807) is 18.9 Å². The molecule has 2 bridgehead atoms. The lowest BCUT2D eigenvalue weighted by atomic mass is 9.89. The van der Waals surface area contributed by atoms with Crippen LogP contribution in [0.3, 0.4) is 0 Å². The minimum absolute atomic E-state index is 0. The molecule has 0 aromatic heterocycles. The summed E-state index contributed by atoms with van der Waals surface area (Å²) in [6, 6.07) is 17.4. The maximum atomic E-state index is 12.4. The van der Waals surface area contributed by atoms with E-state index < -0.39 is 0 Å². The summed E-state index contributed by atoms with van der Waals surface area (Å²) in [6.07, 6.45) is 5.46. The molecule has 2 atom stereocenters. The second kappa shape index (κ2) is 9.68. The number of piperidine rings is 1. The molecule has 0 radical (unpaired) electrons. The standard InChI is InChI=1S/C22H26N2O2S.ClH/c1-26-19-6-10-21(11-7-19)27-20-8-4-16(5-9-20)24-22(25)14-15-12-17-2-3-18(13-15)23-17;/h4-11,15,17-18,23H,2-3,12-14H2,1H3,(H,24,25);1H. The number of rotatable bonds is 6. The molecule has 2 aromatic carbocycles. The smallest absolute Gasteiger partial charge is 0.224 e. The molecule has 2 unspecified atom stereocenters. The van der Waals surface area contributed by atoms with E-state index in [4.69, 9.17) is 4.74 Å². The molecule has 150 valence electrons. The predicted molar refractivity (Wildman–Crippen MR) is 117 cm³/mol. The number of hydrogen-bond donors (Lipinski definition) is 2. The van der Waals surface area contributed by atoms with Crippen molar-refractivity contribution >= 4 is 35.8 Å². The summed E-state index contributed by atoms with van der Waals surface area (Å²) in [7, 11) is 1.67. The van der Waals surface area contributed by atoms with Crippen molar-refractivity contribution < 1.29 is 9.53 Å². The zero-order valence-corrected chi connectivity index (χ0v) is 17.7. The van der Waals surface area contributed by atoms with Gasteiger partial charge in [0.05, 0.1) is 7.11 Å². The Kier molecular flexibility index (Phi) is 7.27. The van der Waals surface area contributed by atoms with Crippen molar-refractivity contribution in [2.45, 2.75) is 54.0 Å². The van der Waals surface area contributed by atoms with Crippen LogP contribution in [0.1, 0.15) is 32.1 Å². The maximum absolute atomic E-state index is 12.4. The number of carbonyl (C=O) groups excluding carboxylic acids is 1. The average molecular weight is 419 g/mol.